The SMILES string of the molecule is COC(=O)C(Cc1ccc(OC(c2ccc(CC(C)C)cc2)c2cn[nH]c2)cc1)C(C)=NOCc1ccc(Cl)cc1. The molecular weight excluding hydrogens is 538 g/mol. The fourth-order valence-corrected chi connectivity index (χ4v) is 4.63. The molecule has 0 amide bonds. The Bertz CT molecular complexity index is 1400. The van der Waals surface area contributed by atoms with E-state index in [-0.39, 0.29) is 18.7 Å². The van der Waals surface area contributed by atoms with Crippen molar-refractivity contribution in [1.82, 2.24) is 10.2 Å². The molecule has 0 bridgehead atoms. The number of aromatic amines is 1. The highest BCUT2D eigenvalue weighted by atomic mass is 35.5. The fourth-order valence-electron chi connectivity index (χ4n) is 4.51. The Morgan fingerprint density at radius 3 is 2.15 bits per heavy atom. The third kappa shape index (κ3) is 8.69. The van der Waals surface area contributed by atoms with Crippen LogP contribution >= 0.6 is 11.6 Å². The summed E-state index contributed by atoms with van der Waals surface area (Å²) in [6.07, 6.45) is 4.75. The van der Waals surface area contributed by atoms with Crippen molar-refractivity contribution in [2.75, 3.05) is 7.11 Å². The van der Waals surface area contributed by atoms with E-state index in [1.54, 1.807) is 25.3 Å². The summed E-state index contributed by atoms with van der Waals surface area (Å²) in [7, 11) is 1.37. The van der Waals surface area contributed by atoms with Crippen LogP contribution in [-0.4, -0.2) is 29.0 Å². The van der Waals surface area contributed by atoms with Crippen LogP contribution in [0.4, 0.5) is 0 Å². The zero-order valence-electron chi connectivity index (χ0n) is 23.8. The van der Waals surface area contributed by atoms with Crippen molar-refractivity contribution in [2.45, 2.75) is 46.3 Å². The number of rotatable bonds is 13. The smallest absolute Gasteiger partial charge is 0.314 e. The topological polar surface area (TPSA) is 85.8 Å². The van der Waals surface area contributed by atoms with Crippen molar-refractivity contribution < 1.29 is 19.1 Å². The maximum absolute atomic E-state index is 12.6. The highest BCUT2D eigenvalue weighted by molar-refractivity contribution is 6.30. The Balaban J connectivity index is 1.44. The molecule has 0 aliphatic heterocycles. The second kappa shape index (κ2) is 14.5. The number of halogens is 1. The van der Waals surface area contributed by atoms with Crippen molar-refractivity contribution in [1.29, 1.82) is 0 Å². The predicted octanol–water partition coefficient (Wildman–Crippen LogP) is 7.35. The molecule has 0 fully saturated rings. The first-order valence-electron chi connectivity index (χ1n) is 13.6. The monoisotopic (exact) mass is 573 g/mol. The van der Waals surface area contributed by atoms with Gasteiger partial charge in [0, 0.05) is 16.8 Å². The quantitative estimate of drug-likeness (QED) is 0.103. The average molecular weight is 574 g/mol. The van der Waals surface area contributed by atoms with Crippen LogP contribution in [0.1, 0.15) is 54.7 Å². The van der Waals surface area contributed by atoms with E-state index in [1.165, 1.54) is 12.7 Å². The van der Waals surface area contributed by atoms with Crippen LogP contribution in [0.3, 0.4) is 0 Å². The van der Waals surface area contributed by atoms with Crippen LogP contribution in [0.5, 0.6) is 5.75 Å². The van der Waals surface area contributed by atoms with Crippen LogP contribution < -0.4 is 4.74 Å². The van der Waals surface area contributed by atoms with Gasteiger partial charge in [0.25, 0.3) is 0 Å². The van der Waals surface area contributed by atoms with Crippen molar-refractivity contribution in [3.8, 4) is 5.75 Å². The molecule has 4 aromatic rings. The van der Waals surface area contributed by atoms with Gasteiger partial charge in [0.05, 0.1) is 19.0 Å². The second-order valence-corrected chi connectivity index (χ2v) is 10.9. The highest BCUT2D eigenvalue weighted by Crippen LogP contribution is 2.29. The van der Waals surface area contributed by atoms with E-state index in [4.69, 9.17) is 25.9 Å². The van der Waals surface area contributed by atoms with Gasteiger partial charge in [-0.25, -0.2) is 0 Å². The van der Waals surface area contributed by atoms with Crippen LogP contribution in [0, 0.1) is 11.8 Å². The maximum atomic E-state index is 12.6. The van der Waals surface area contributed by atoms with Gasteiger partial charge in [0.2, 0.25) is 0 Å². The second-order valence-electron chi connectivity index (χ2n) is 10.4. The molecule has 1 aromatic heterocycles. The van der Waals surface area contributed by atoms with E-state index < -0.39 is 5.92 Å². The van der Waals surface area contributed by atoms with Crippen LogP contribution in [0.2, 0.25) is 5.02 Å². The number of hydrogen-bond donors (Lipinski definition) is 1. The number of oxime groups is 1. The van der Waals surface area contributed by atoms with E-state index in [2.05, 4.69) is 53.5 Å². The first kappa shape index (κ1) is 29.9. The summed E-state index contributed by atoms with van der Waals surface area (Å²) in [6.45, 7) is 6.47. The number of nitrogens with one attached hydrogen (secondary N) is 1. The molecule has 0 saturated carbocycles. The molecule has 2 unspecified atom stereocenters. The number of hydrogen-bond acceptors (Lipinski definition) is 6. The van der Waals surface area contributed by atoms with Crippen LogP contribution in [0.15, 0.2) is 90.3 Å². The van der Waals surface area contributed by atoms with Gasteiger partial charge in [0.1, 0.15) is 18.3 Å². The summed E-state index contributed by atoms with van der Waals surface area (Å²) in [5.74, 6) is 0.344. The zero-order chi connectivity index (χ0) is 29.2. The first-order valence-corrected chi connectivity index (χ1v) is 14.0. The van der Waals surface area contributed by atoms with Crippen molar-refractivity contribution in [3.05, 3.63) is 118 Å². The molecule has 2 atom stereocenters. The van der Waals surface area contributed by atoms with Gasteiger partial charge in [-0.2, -0.15) is 5.10 Å². The van der Waals surface area contributed by atoms with Crippen LogP contribution in [-0.2, 0) is 33.8 Å². The molecule has 7 nitrogen and oxygen atoms in total. The largest absolute Gasteiger partial charge is 0.481 e. The normalized spacial score (nSPS) is 13.1. The molecular formula is C33H36ClN3O4. The molecule has 0 saturated heterocycles. The predicted molar refractivity (Wildman–Crippen MR) is 161 cm³/mol. The van der Waals surface area contributed by atoms with Gasteiger partial charge < -0.3 is 14.3 Å². The Morgan fingerprint density at radius 1 is 0.902 bits per heavy atom. The molecule has 214 valence electrons. The molecule has 4 rings (SSSR count). The molecule has 41 heavy (non-hydrogen) atoms. The number of benzene rings is 3. The molecule has 1 N–H and O–H groups in total. The molecule has 8 heteroatoms. The van der Waals surface area contributed by atoms with Crippen molar-refractivity contribution in [3.63, 3.8) is 0 Å². The van der Waals surface area contributed by atoms with E-state index in [9.17, 15) is 4.79 Å². The number of nitrogens with zero attached hydrogens (tertiary/aromatic N) is 2. The van der Waals surface area contributed by atoms with Gasteiger partial charge in [-0.15, -0.1) is 0 Å². The highest BCUT2D eigenvalue weighted by Gasteiger charge is 2.24. The summed E-state index contributed by atoms with van der Waals surface area (Å²) >= 11 is 5.94. The van der Waals surface area contributed by atoms with Gasteiger partial charge in [0.15, 0.2) is 6.10 Å². The number of aromatic nitrogens is 2. The van der Waals surface area contributed by atoms with E-state index in [0.717, 1.165) is 28.7 Å². The summed E-state index contributed by atoms with van der Waals surface area (Å²) in [5.41, 5.74) is 5.68. The minimum Gasteiger partial charge on any atom is -0.481 e. The molecule has 1 heterocycles. The molecule has 0 radical (unpaired) electrons. The van der Waals surface area contributed by atoms with Crippen molar-refractivity contribution >= 4 is 23.3 Å². The van der Waals surface area contributed by atoms with Crippen LogP contribution in [0.25, 0.3) is 0 Å². The standard InChI is InChI=1S/C33H36ClN3O4/c1-22(2)17-24-5-11-27(12-6-24)32(28-19-35-36-20-28)41-30-15-9-25(10-16-30)18-31(33(38)39-4)23(3)37-40-21-26-7-13-29(34)14-8-26/h5-16,19-20,22,31-32H,17-18,21H2,1-4H3,(H,35,36). The first-order chi connectivity index (χ1) is 19.8. The fraction of sp³-hybridized carbons (Fsp3) is 0.303. The maximum Gasteiger partial charge on any atom is 0.314 e. The number of carbonyl (C=O) groups is 1. The molecule has 3 aromatic carbocycles. The zero-order valence-corrected chi connectivity index (χ0v) is 24.6. The lowest BCUT2D eigenvalue weighted by atomic mass is 9.95. The summed E-state index contributed by atoms with van der Waals surface area (Å²) in [4.78, 5) is 18.1. The lowest BCUT2D eigenvalue weighted by Crippen LogP contribution is -2.26. The molecule has 0 aliphatic rings. The number of esters is 1. The van der Waals surface area contributed by atoms with Gasteiger partial charge in [-0.3, -0.25) is 9.89 Å². The van der Waals surface area contributed by atoms with E-state index in [1.807, 2.05) is 42.6 Å². The molecule has 0 spiro atoms. The summed E-state index contributed by atoms with van der Waals surface area (Å²) in [6, 6.07) is 23.6. The lowest BCUT2D eigenvalue weighted by Gasteiger charge is -2.20. The Morgan fingerprint density at radius 2 is 1.54 bits per heavy atom. The minimum absolute atomic E-state index is 0.271. The lowest BCUT2D eigenvalue weighted by molar-refractivity contribution is -0.143. The van der Waals surface area contributed by atoms with E-state index in [0.29, 0.717) is 28.8 Å². The third-order valence-corrected chi connectivity index (χ3v) is 6.96. The van der Waals surface area contributed by atoms with E-state index >= 15 is 0 Å². The van der Waals surface area contributed by atoms with Gasteiger partial charge >= 0.3 is 5.97 Å². The van der Waals surface area contributed by atoms with Crippen molar-refractivity contribution in [2.24, 2.45) is 17.0 Å². The number of H-pyrrole nitrogens is 1. The Labute approximate surface area is 246 Å². The summed E-state index contributed by atoms with van der Waals surface area (Å²) in [5, 5.41) is 11.9. The van der Waals surface area contributed by atoms with Gasteiger partial charge in [-0.1, -0.05) is 79.1 Å². The Hall–Kier alpha value is -4.10. The number of ether oxygens (including phenoxy) is 2. The average Bonchev–Trinajstić information content (AvgIpc) is 3.51. The minimum atomic E-state index is -0.583. The number of methoxy groups -OCH3 is 1. The molecule has 0 aliphatic carbocycles. The summed E-state index contributed by atoms with van der Waals surface area (Å²) < 4.78 is 11.5. The van der Waals surface area contributed by atoms with Gasteiger partial charge in [-0.05, 0) is 72.2 Å². The third-order valence-electron chi connectivity index (χ3n) is 6.71. The Kier molecular flexibility index (Phi) is 10.6. The number of carbonyl (C=O) groups excluding carboxylic acids is 1.